The third-order valence-electron chi connectivity index (χ3n) is 3.26. The third kappa shape index (κ3) is 4.94. The summed E-state index contributed by atoms with van der Waals surface area (Å²) < 4.78 is 5.97. The van der Waals surface area contributed by atoms with Gasteiger partial charge in [-0.3, -0.25) is 0 Å². The van der Waals surface area contributed by atoms with E-state index in [-0.39, 0.29) is 5.54 Å². The Morgan fingerprint density at radius 3 is 2.36 bits per heavy atom. The molecule has 0 aliphatic carbocycles. The second-order valence-corrected chi connectivity index (χ2v) is 6.68. The van der Waals surface area contributed by atoms with Gasteiger partial charge < -0.3 is 15.4 Å². The molecule has 0 spiro atoms. The van der Waals surface area contributed by atoms with E-state index in [0.29, 0.717) is 11.8 Å². The Bertz CT molecular complexity index is 828. The highest BCUT2D eigenvalue weighted by Gasteiger charge is 2.12. The topological polar surface area (TPSA) is 59.1 Å². The Kier molecular flexibility index (Phi) is 4.84. The van der Waals surface area contributed by atoms with Gasteiger partial charge in [-0.2, -0.15) is 4.98 Å². The van der Waals surface area contributed by atoms with Gasteiger partial charge in [-0.15, -0.1) is 0 Å². The van der Waals surface area contributed by atoms with Crippen LogP contribution in [0.3, 0.4) is 0 Å². The van der Waals surface area contributed by atoms with Gasteiger partial charge in [0.25, 0.3) is 0 Å². The van der Waals surface area contributed by atoms with Crippen molar-refractivity contribution < 1.29 is 4.74 Å². The highest BCUT2D eigenvalue weighted by atomic mass is 16.5. The first-order valence-electron chi connectivity index (χ1n) is 8.20. The molecule has 1 heterocycles. The lowest BCUT2D eigenvalue weighted by Gasteiger charge is -2.20. The molecule has 0 aliphatic heterocycles. The van der Waals surface area contributed by atoms with Gasteiger partial charge in [0, 0.05) is 11.7 Å². The summed E-state index contributed by atoms with van der Waals surface area (Å²) in [7, 11) is 0. The van der Waals surface area contributed by atoms with Crippen LogP contribution in [-0.2, 0) is 0 Å². The lowest BCUT2D eigenvalue weighted by atomic mass is 10.1. The zero-order chi connectivity index (χ0) is 17.7. The quantitative estimate of drug-likeness (QED) is 0.669. The van der Waals surface area contributed by atoms with E-state index >= 15 is 0 Å². The van der Waals surface area contributed by atoms with Crippen LogP contribution in [0.4, 0.5) is 17.5 Å². The number of nitrogens with one attached hydrogen (secondary N) is 2. The summed E-state index contributed by atoms with van der Waals surface area (Å²) in [6.07, 6.45) is 1.73. The molecule has 0 radical (unpaired) electrons. The molecule has 0 saturated carbocycles. The highest BCUT2D eigenvalue weighted by molar-refractivity contribution is 5.65. The van der Waals surface area contributed by atoms with Gasteiger partial charge in [0.05, 0.1) is 5.69 Å². The van der Waals surface area contributed by atoms with Crippen molar-refractivity contribution in [3.05, 3.63) is 66.9 Å². The smallest absolute Gasteiger partial charge is 0.225 e. The van der Waals surface area contributed by atoms with Crippen LogP contribution >= 0.6 is 0 Å². The minimum atomic E-state index is -0.104. The van der Waals surface area contributed by atoms with Crippen LogP contribution in [0.25, 0.3) is 0 Å². The predicted molar refractivity (Wildman–Crippen MR) is 102 cm³/mol. The third-order valence-corrected chi connectivity index (χ3v) is 3.26. The van der Waals surface area contributed by atoms with E-state index in [2.05, 4.69) is 41.4 Å². The maximum Gasteiger partial charge on any atom is 0.225 e. The van der Waals surface area contributed by atoms with Crippen LogP contribution in [-0.4, -0.2) is 15.5 Å². The maximum absolute atomic E-state index is 5.97. The minimum absolute atomic E-state index is 0.104. The number of anilines is 3. The SMILES string of the molecule is CC(C)(C)Nc1nccc(Nc2ccccc2Oc2ccccc2)n1. The van der Waals surface area contributed by atoms with Gasteiger partial charge in [0.15, 0.2) is 5.75 Å². The lowest BCUT2D eigenvalue weighted by molar-refractivity contribution is 0.485. The van der Waals surface area contributed by atoms with Crippen molar-refractivity contribution >= 4 is 17.5 Å². The van der Waals surface area contributed by atoms with E-state index in [4.69, 9.17) is 4.74 Å². The van der Waals surface area contributed by atoms with Crippen molar-refractivity contribution in [1.82, 2.24) is 9.97 Å². The number of aromatic nitrogens is 2. The molecule has 3 aromatic rings. The van der Waals surface area contributed by atoms with Crippen molar-refractivity contribution in [2.75, 3.05) is 10.6 Å². The molecule has 0 saturated heterocycles. The zero-order valence-corrected chi connectivity index (χ0v) is 14.7. The van der Waals surface area contributed by atoms with Crippen LogP contribution < -0.4 is 15.4 Å². The van der Waals surface area contributed by atoms with Crippen LogP contribution in [0.2, 0.25) is 0 Å². The molecule has 1 aromatic heterocycles. The molecule has 25 heavy (non-hydrogen) atoms. The summed E-state index contributed by atoms with van der Waals surface area (Å²) in [4.78, 5) is 8.78. The molecule has 0 fully saturated rings. The summed E-state index contributed by atoms with van der Waals surface area (Å²) in [5, 5.41) is 6.57. The first kappa shape index (κ1) is 16.8. The Labute approximate surface area is 148 Å². The first-order valence-corrected chi connectivity index (χ1v) is 8.20. The van der Waals surface area contributed by atoms with Crippen LogP contribution in [0.1, 0.15) is 20.8 Å². The molecule has 2 aromatic carbocycles. The molecule has 128 valence electrons. The van der Waals surface area contributed by atoms with Gasteiger partial charge in [0.2, 0.25) is 5.95 Å². The summed E-state index contributed by atoms with van der Waals surface area (Å²) in [5.74, 6) is 2.80. The molecule has 5 nitrogen and oxygen atoms in total. The van der Waals surface area contributed by atoms with Crippen molar-refractivity contribution in [2.45, 2.75) is 26.3 Å². The molecular formula is C20H22N4O. The number of hydrogen-bond acceptors (Lipinski definition) is 5. The summed E-state index contributed by atoms with van der Waals surface area (Å²) >= 11 is 0. The molecule has 0 bridgehead atoms. The molecule has 0 amide bonds. The Morgan fingerprint density at radius 2 is 1.60 bits per heavy atom. The second-order valence-electron chi connectivity index (χ2n) is 6.68. The second kappa shape index (κ2) is 7.21. The molecule has 0 atom stereocenters. The average molecular weight is 334 g/mol. The van der Waals surface area contributed by atoms with Gasteiger partial charge in [0.1, 0.15) is 11.6 Å². The molecule has 5 heteroatoms. The number of nitrogens with zero attached hydrogens (tertiary/aromatic N) is 2. The van der Waals surface area contributed by atoms with Crippen LogP contribution in [0.5, 0.6) is 11.5 Å². The van der Waals surface area contributed by atoms with Gasteiger partial charge in [-0.1, -0.05) is 30.3 Å². The Balaban J connectivity index is 1.80. The summed E-state index contributed by atoms with van der Waals surface area (Å²) in [6, 6.07) is 19.3. The summed E-state index contributed by atoms with van der Waals surface area (Å²) in [6.45, 7) is 6.21. The predicted octanol–water partition coefficient (Wildman–Crippen LogP) is 5.22. The molecule has 0 unspecified atom stereocenters. The zero-order valence-electron chi connectivity index (χ0n) is 14.7. The Morgan fingerprint density at radius 1 is 0.880 bits per heavy atom. The van der Waals surface area contributed by atoms with E-state index < -0.39 is 0 Å². The number of rotatable bonds is 5. The normalized spacial score (nSPS) is 11.0. The fraction of sp³-hybridized carbons (Fsp3) is 0.200. The maximum atomic E-state index is 5.97. The standard InChI is InChI=1S/C20H22N4O/c1-20(2,3)24-19-21-14-13-18(23-19)22-16-11-7-8-12-17(16)25-15-9-5-4-6-10-15/h4-14H,1-3H3,(H2,21,22,23,24). The van der Waals surface area contributed by atoms with Crippen molar-refractivity contribution in [1.29, 1.82) is 0 Å². The monoisotopic (exact) mass is 334 g/mol. The van der Waals surface area contributed by atoms with Crippen molar-refractivity contribution in [2.24, 2.45) is 0 Å². The van der Waals surface area contributed by atoms with E-state index in [1.807, 2.05) is 60.7 Å². The van der Waals surface area contributed by atoms with E-state index in [0.717, 1.165) is 17.2 Å². The first-order chi connectivity index (χ1) is 12.0. The van der Waals surface area contributed by atoms with Crippen molar-refractivity contribution in [3.63, 3.8) is 0 Å². The average Bonchev–Trinajstić information content (AvgIpc) is 2.56. The van der Waals surface area contributed by atoms with E-state index in [1.165, 1.54) is 0 Å². The Hall–Kier alpha value is -3.08. The molecule has 0 aliphatic rings. The van der Waals surface area contributed by atoms with E-state index in [9.17, 15) is 0 Å². The minimum Gasteiger partial charge on any atom is -0.455 e. The number of ether oxygens (including phenoxy) is 1. The highest BCUT2D eigenvalue weighted by Crippen LogP contribution is 2.31. The van der Waals surface area contributed by atoms with Crippen LogP contribution in [0, 0.1) is 0 Å². The largest absolute Gasteiger partial charge is 0.455 e. The van der Waals surface area contributed by atoms with Gasteiger partial charge >= 0.3 is 0 Å². The number of benzene rings is 2. The van der Waals surface area contributed by atoms with E-state index in [1.54, 1.807) is 6.20 Å². The lowest BCUT2D eigenvalue weighted by Crippen LogP contribution is -2.27. The number of para-hydroxylation sites is 3. The van der Waals surface area contributed by atoms with Gasteiger partial charge in [-0.25, -0.2) is 4.98 Å². The van der Waals surface area contributed by atoms with Crippen LogP contribution in [0.15, 0.2) is 66.9 Å². The molecule has 2 N–H and O–H groups in total. The molecule has 3 rings (SSSR count). The van der Waals surface area contributed by atoms with Gasteiger partial charge in [-0.05, 0) is 51.1 Å². The fourth-order valence-corrected chi connectivity index (χ4v) is 2.24. The van der Waals surface area contributed by atoms with Crippen molar-refractivity contribution in [3.8, 4) is 11.5 Å². The number of hydrogen-bond donors (Lipinski definition) is 2. The fourth-order valence-electron chi connectivity index (χ4n) is 2.24. The molecular weight excluding hydrogens is 312 g/mol. The summed E-state index contributed by atoms with van der Waals surface area (Å²) in [5.41, 5.74) is 0.735.